The standard InChI is InChI=1S/C10H14BrN3O/c1-6(7(2)12)10(15)14-9-3-4-13-5-8(9)11/h3-7H,12H2,1-2H3,(H,13,14,15). The van der Waals surface area contributed by atoms with E-state index in [0.29, 0.717) is 5.69 Å². The molecule has 0 bridgehead atoms. The maximum absolute atomic E-state index is 11.7. The van der Waals surface area contributed by atoms with Gasteiger partial charge in [0, 0.05) is 18.4 Å². The Morgan fingerprint density at radius 1 is 1.60 bits per heavy atom. The highest BCUT2D eigenvalue weighted by molar-refractivity contribution is 9.10. The molecule has 15 heavy (non-hydrogen) atoms. The van der Waals surface area contributed by atoms with Crippen LogP contribution in [-0.2, 0) is 4.79 Å². The summed E-state index contributed by atoms with van der Waals surface area (Å²) >= 11 is 3.30. The molecule has 2 atom stereocenters. The fourth-order valence-corrected chi connectivity index (χ4v) is 1.31. The van der Waals surface area contributed by atoms with Crippen molar-refractivity contribution in [2.75, 3.05) is 5.32 Å². The number of carbonyl (C=O) groups is 1. The molecule has 0 saturated carbocycles. The van der Waals surface area contributed by atoms with Gasteiger partial charge in [0.2, 0.25) is 5.91 Å². The number of nitrogens with zero attached hydrogens (tertiary/aromatic N) is 1. The molecule has 5 heteroatoms. The number of pyridine rings is 1. The number of anilines is 1. The van der Waals surface area contributed by atoms with Gasteiger partial charge in [0.25, 0.3) is 0 Å². The summed E-state index contributed by atoms with van der Waals surface area (Å²) in [4.78, 5) is 15.6. The van der Waals surface area contributed by atoms with Crippen molar-refractivity contribution in [3.05, 3.63) is 22.9 Å². The fraction of sp³-hybridized carbons (Fsp3) is 0.400. The van der Waals surface area contributed by atoms with Crippen LogP contribution < -0.4 is 11.1 Å². The van der Waals surface area contributed by atoms with Gasteiger partial charge in [0.05, 0.1) is 16.1 Å². The molecule has 0 aliphatic heterocycles. The molecule has 3 N–H and O–H groups in total. The van der Waals surface area contributed by atoms with Gasteiger partial charge in [0.1, 0.15) is 0 Å². The van der Waals surface area contributed by atoms with Crippen LogP contribution >= 0.6 is 15.9 Å². The number of amides is 1. The molecule has 1 aromatic rings. The van der Waals surface area contributed by atoms with Crippen molar-refractivity contribution >= 4 is 27.5 Å². The van der Waals surface area contributed by atoms with Crippen LogP contribution in [0.25, 0.3) is 0 Å². The SMILES string of the molecule is CC(N)C(C)C(=O)Nc1ccncc1Br. The minimum atomic E-state index is -0.218. The molecule has 1 rings (SSSR count). The van der Waals surface area contributed by atoms with Gasteiger partial charge >= 0.3 is 0 Å². The molecule has 1 heterocycles. The Morgan fingerprint density at radius 2 is 2.27 bits per heavy atom. The summed E-state index contributed by atoms with van der Waals surface area (Å²) in [5, 5.41) is 2.79. The lowest BCUT2D eigenvalue weighted by Gasteiger charge is -2.15. The minimum absolute atomic E-state index is 0.0862. The summed E-state index contributed by atoms with van der Waals surface area (Å²) in [6, 6.07) is 1.57. The molecule has 1 aromatic heterocycles. The first kappa shape index (κ1) is 12.1. The molecular formula is C10H14BrN3O. The van der Waals surface area contributed by atoms with E-state index in [2.05, 4.69) is 26.2 Å². The monoisotopic (exact) mass is 271 g/mol. The van der Waals surface area contributed by atoms with Gasteiger partial charge in [-0.2, -0.15) is 0 Å². The summed E-state index contributed by atoms with van der Waals surface area (Å²) in [6.07, 6.45) is 3.25. The molecule has 0 aliphatic rings. The molecular weight excluding hydrogens is 258 g/mol. The minimum Gasteiger partial charge on any atom is -0.327 e. The third-order valence-corrected chi connectivity index (χ3v) is 2.86. The van der Waals surface area contributed by atoms with Crippen LogP contribution in [0.4, 0.5) is 5.69 Å². The molecule has 0 fully saturated rings. The Kier molecular flexibility index (Phi) is 4.23. The summed E-state index contributed by atoms with van der Waals surface area (Å²) in [5.74, 6) is -0.304. The first-order valence-corrected chi connectivity index (χ1v) is 5.47. The number of nitrogens with two attached hydrogens (primary N) is 1. The average molecular weight is 272 g/mol. The lowest BCUT2D eigenvalue weighted by molar-refractivity contribution is -0.119. The van der Waals surface area contributed by atoms with Crippen LogP contribution in [0.5, 0.6) is 0 Å². The second-order valence-corrected chi connectivity index (χ2v) is 4.35. The number of hydrogen-bond acceptors (Lipinski definition) is 3. The zero-order chi connectivity index (χ0) is 11.4. The predicted molar refractivity (Wildman–Crippen MR) is 63.4 cm³/mol. The summed E-state index contributed by atoms with van der Waals surface area (Å²) in [6.45, 7) is 3.61. The highest BCUT2D eigenvalue weighted by atomic mass is 79.9. The number of aromatic nitrogens is 1. The van der Waals surface area contributed by atoms with Crippen molar-refractivity contribution < 1.29 is 4.79 Å². The Labute approximate surface area is 97.4 Å². The summed E-state index contributed by atoms with van der Waals surface area (Å²) in [7, 11) is 0. The van der Waals surface area contributed by atoms with Crippen molar-refractivity contribution in [1.82, 2.24) is 4.98 Å². The molecule has 82 valence electrons. The third kappa shape index (κ3) is 3.28. The van der Waals surface area contributed by atoms with E-state index in [1.54, 1.807) is 25.4 Å². The number of carbonyl (C=O) groups excluding carboxylic acids is 1. The lowest BCUT2D eigenvalue weighted by Crippen LogP contribution is -2.34. The molecule has 2 unspecified atom stereocenters. The van der Waals surface area contributed by atoms with E-state index in [9.17, 15) is 4.79 Å². The predicted octanol–water partition coefficient (Wildman–Crippen LogP) is 1.77. The van der Waals surface area contributed by atoms with E-state index in [1.165, 1.54) is 0 Å². The smallest absolute Gasteiger partial charge is 0.228 e. The third-order valence-electron chi connectivity index (χ3n) is 2.23. The molecule has 1 amide bonds. The van der Waals surface area contributed by atoms with E-state index < -0.39 is 0 Å². The zero-order valence-electron chi connectivity index (χ0n) is 8.70. The number of hydrogen-bond donors (Lipinski definition) is 2. The van der Waals surface area contributed by atoms with E-state index in [0.717, 1.165) is 4.47 Å². The van der Waals surface area contributed by atoms with Gasteiger partial charge in [-0.05, 0) is 28.9 Å². The summed E-state index contributed by atoms with van der Waals surface area (Å²) < 4.78 is 0.759. The maximum atomic E-state index is 11.7. The molecule has 0 radical (unpaired) electrons. The Hall–Kier alpha value is -0.940. The van der Waals surface area contributed by atoms with Gasteiger partial charge < -0.3 is 11.1 Å². The lowest BCUT2D eigenvalue weighted by atomic mass is 10.0. The summed E-state index contributed by atoms with van der Waals surface area (Å²) in [5.41, 5.74) is 6.35. The highest BCUT2D eigenvalue weighted by Crippen LogP contribution is 2.20. The van der Waals surface area contributed by atoms with Crippen molar-refractivity contribution in [2.24, 2.45) is 11.7 Å². The molecule has 0 spiro atoms. The van der Waals surface area contributed by atoms with Gasteiger partial charge in [-0.3, -0.25) is 9.78 Å². The van der Waals surface area contributed by atoms with Crippen molar-refractivity contribution in [3.63, 3.8) is 0 Å². The Morgan fingerprint density at radius 3 is 2.80 bits per heavy atom. The molecule has 0 aromatic carbocycles. The van der Waals surface area contributed by atoms with Crippen molar-refractivity contribution in [3.8, 4) is 0 Å². The largest absolute Gasteiger partial charge is 0.327 e. The van der Waals surface area contributed by atoms with Gasteiger partial charge in [-0.1, -0.05) is 6.92 Å². The van der Waals surface area contributed by atoms with Crippen LogP contribution in [0.2, 0.25) is 0 Å². The highest BCUT2D eigenvalue weighted by Gasteiger charge is 2.17. The number of nitrogens with one attached hydrogen (secondary N) is 1. The number of rotatable bonds is 3. The first-order chi connectivity index (χ1) is 7.02. The second kappa shape index (κ2) is 5.23. The van der Waals surface area contributed by atoms with Gasteiger partial charge in [-0.15, -0.1) is 0 Å². The molecule has 0 saturated heterocycles. The Balaban J connectivity index is 2.71. The van der Waals surface area contributed by atoms with Gasteiger partial charge in [0.15, 0.2) is 0 Å². The fourth-order valence-electron chi connectivity index (χ4n) is 0.962. The van der Waals surface area contributed by atoms with E-state index in [1.807, 2.05) is 6.92 Å². The van der Waals surface area contributed by atoms with E-state index in [4.69, 9.17) is 5.73 Å². The number of halogens is 1. The normalized spacial score (nSPS) is 14.4. The quantitative estimate of drug-likeness (QED) is 0.881. The topological polar surface area (TPSA) is 68.0 Å². The maximum Gasteiger partial charge on any atom is 0.228 e. The van der Waals surface area contributed by atoms with Crippen molar-refractivity contribution in [1.29, 1.82) is 0 Å². The zero-order valence-corrected chi connectivity index (χ0v) is 10.3. The van der Waals surface area contributed by atoms with Crippen LogP contribution in [0.1, 0.15) is 13.8 Å². The average Bonchev–Trinajstić information content (AvgIpc) is 2.20. The first-order valence-electron chi connectivity index (χ1n) is 4.68. The van der Waals surface area contributed by atoms with Gasteiger partial charge in [-0.25, -0.2) is 0 Å². The molecule has 4 nitrogen and oxygen atoms in total. The van der Waals surface area contributed by atoms with E-state index in [-0.39, 0.29) is 17.9 Å². The second-order valence-electron chi connectivity index (χ2n) is 3.49. The van der Waals surface area contributed by atoms with Crippen LogP contribution in [0, 0.1) is 5.92 Å². The van der Waals surface area contributed by atoms with E-state index >= 15 is 0 Å². The molecule has 0 aliphatic carbocycles. The van der Waals surface area contributed by atoms with Crippen LogP contribution in [-0.4, -0.2) is 16.9 Å². The Bertz CT molecular complexity index is 354. The van der Waals surface area contributed by atoms with Crippen LogP contribution in [0.15, 0.2) is 22.9 Å². The van der Waals surface area contributed by atoms with Crippen LogP contribution in [0.3, 0.4) is 0 Å². The van der Waals surface area contributed by atoms with Crippen molar-refractivity contribution in [2.45, 2.75) is 19.9 Å².